The predicted molar refractivity (Wildman–Crippen MR) is 97.7 cm³/mol. The number of hydrogen-bond donors (Lipinski definition) is 1. The Morgan fingerprint density at radius 1 is 1.32 bits per heavy atom. The number of carbonyl (C=O) groups excluding carboxylic acids is 1. The van der Waals surface area contributed by atoms with Crippen LogP contribution in [-0.2, 0) is 11.3 Å². The van der Waals surface area contributed by atoms with Crippen LogP contribution in [0.3, 0.4) is 0 Å². The van der Waals surface area contributed by atoms with Gasteiger partial charge in [-0.1, -0.05) is 22.0 Å². The number of carbonyl (C=O) groups is 1. The quantitative estimate of drug-likeness (QED) is 0.589. The van der Waals surface area contributed by atoms with Gasteiger partial charge in [0.25, 0.3) is 6.43 Å². The van der Waals surface area contributed by atoms with Gasteiger partial charge in [0, 0.05) is 16.1 Å². The van der Waals surface area contributed by atoms with Gasteiger partial charge in [0.1, 0.15) is 12.2 Å². The summed E-state index contributed by atoms with van der Waals surface area (Å²) in [5, 5.41) is 7.42. The first-order valence-corrected chi connectivity index (χ1v) is 8.81. The fraction of sp³-hybridized carbons (Fsp3) is 0.188. The molecule has 1 aromatic carbocycles. The van der Waals surface area contributed by atoms with Crippen molar-refractivity contribution in [2.45, 2.75) is 19.9 Å². The number of halogens is 4. The van der Waals surface area contributed by atoms with Crippen LogP contribution in [0.1, 0.15) is 17.8 Å². The fourth-order valence-electron chi connectivity index (χ4n) is 2.41. The molecule has 0 saturated carbocycles. The molecule has 0 unspecified atom stereocenters. The van der Waals surface area contributed by atoms with E-state index in [1.165, 1.54) is 4.68 Å². The maximum atomic E-state index is 12.9. The Hall–Kier alpha value is -1.87. The maximum Gasteiger partial charge on any atom is 0.283 e. The molecule has 0 radical (unpaired) electrons. The van der Waals surface area contributed by atoms with Crippen molar-refractivity contribution in [2.24, 2.45) is 0 Å². The van der Waals surface area contributed by atoms with Crippen LogP contribution in [-0.4, -0.2) is 20.7 Å². The third-order valence-electron chi connectivity index (χ3n) is 3.65. The summed E-state index contributed by atoms with van der Waals surface area (Å²) >= 11 is 6.53. The first-order chi connectivity index (χ1) is 11.9. The molecule has 25 heavy (non-hydrogen) atoms. The maximum absolute atomic E-state index is 12.9. The van der Waals surface area contributed by atoms with Crippen molar-refractivity contribution in [3.8, 4) is 0 Å². The number of hydrogen-bond acceptors (Lipinski definition) is 3. The molecule has 0 aliphatic rings. The van der Waals surface area contributed by atoms with Gasteiger partial charge in [0.2, 0.25) is 5.91 Å². The highest BCUT2D eigenvalue weighted by molar-refractivity contribution is 9.11. The lowest BCUT2D eigenvalue weighted by Gasteiger charge is -2.10. The molecule has 2 aromatic heterocycles. The summed E-state index contributed by atoms with van der Waals surface area (Å²) in [4.78, 5) is 16.6. The predicted octanol–water partition coefficient (Wildman–Crippen LogP) is 4.84. The minimum Gasteiger partial charge on any atom is -0.323 e. The summed E-state index contributed by atoms with van der Waals surface area (Å²) in [5.41, 5.74) is 1.27. The molecule has 0 bridgehead atoms. The van der Waals surface area contributed by atoms with Gasteiger partial charge < -0.3 is 5.32 Å². The number of rotatable bonds is 4. The topological polar surface area (TPSA) is 59.8 Å². The van der Waals surface area contributed by atoms with Gasteiger partial charge in [-0.15, -0.1) is 0 Å². The monoisotopic (exact) mass is 472 g/mol. The Kier molecular flexibility index (Phi) is 5.14. The van der Waals surface area contributed by atoms with Crippen LogP contribution in [0, 0.1) is 6.92 Å². The van der Waals surface area contributed by atoms with E-state index in [9.17, 15) is 13.6 Å². The zero-order valence-corrected chi connectivity index (χ0v) is 16.1. The van der Waals surface area contributed by atoms with Crippen molar-refractivity contribution < 1.29 is 13.6 Å². The highest BCUT2D eigenvalue weighted by atomic mass is 79.9. The van der Waals surface area contributed by atoms with E-state index in [1.807, 2.05) is 12.1 Å². The first kappa shape index (κ1) is 17.9. The molecule has 0 atom stereocenters. The minimum absolute atomic E-state index is 0.179. The molecule has 9 heteroatoms. The molecule has 0 saturated heterocycles. The first-order valence-electron chi connectivity index (χ1n) is 7.22. The molecule has 0 aliphatic carbocycles. The molecule has 5 nitrogen and oxygen atoms in total. The number of fused-ring (bicyclic) bond motifs is 1. The van der Waals surface area contributed by atoms with Crippen molar-refractivity contribution in [3.05, 3.63) is 50.8 Å². The molecular formula is C16H12Br2F2N4O. The highest BCUT2D eigenvalue weighted by Gasteiger charge is 2.21. The largest absolute Gasteiger partial charge is 0.323 e. The van der Waals surface area contributed by atoms with Crippen LogP contribution in [0.15, 0.2) is 39.4 Å². The van der Waals surface area contributed by atoms with Crippen LogP contribution < -0.4 is 5.32 Å². The SMILES string of the molecule is Cc1c(Br)c(C(F)F)nn1CC(=O)Nc1ccc(Br)c2cccnc12. The summed E-state index contributed by atoms with van der Waals surface area (Å²) in [6.07, 6.45) is -1.08. The summed E-state index contributed by atoms with van der Waals surface area (Å²) < 4.78 is 28.1. The normalized spacial score (nSPS) is 11.3. The molecule has 1 N–H and O–H groups in total. The van der Waals surface area contributed by atoms with E-state index in [0.717, 1.165) is 9.86 Å². The van der Waals surface area contributed by atoms with E-state index in [0.29, 0.717) is 16.9 Å². The van der Waals surface area contributed by atoms with Crippen molar-refractivity contribution in [3.63, 3.8) is 0 Å². The van der Waals surface area contributed by atoms with Crippen molar-refractivity contribution >= 4 is 54.4 Å². The second kappa shape index (κ2) is 7.17. The molecule has 0 aliphatic heterocycles. The van der Waals surface area contributed by atoms with Gasteiger partial charge in [0.15, 0.2) is 0 Å². The third kappa shape index (κ3) is 3.57. The van der Waals surface area contributed by atoms with Crippen LogP contribution in [0.5, 0.6) is 0 Å². The van der Waals surface area contributed by atoms with Gasteiger partial charge >= 0.3 is 0 Å². The lowest BCUT2D eigenvalue weighted by atomic mass is 10.2. The van der Waals surface area contributed by atoms with Gasteiger partial charge in [-0.3, -0.25) is 14.5 Å². The van der Waals surface area contributed by atoms with Gasteiger partial charge in [-0.05, 0) is 41.1 Å². The second-order valence-electron chi connectivity index (χ2n) is 5.29. The fourth-order valence-corrected chi connectivity index (χ4v) is 3.31. The zero-order chi connectivity index (χ0) is 18.1. The number of amides is 1. The molecule has 3 rings (SSSR count). The number of anilines is 1. The van der Waals surface area contributed by atoms with E-state index in [1.54, 1.807) is 25.3 Å². The van der Waals surface area contributed by atoms with Gasteiger partial charge in [-0.25, -0.2) is 8.78 Å². The average Bonchev–Trinajstić information content (AvgIpc) is 2.86. The lowest BCUT2D eigenvalue weighted by molar-refractivity contribution is -0.116. The standard InChI is InChI=1S/C16H12Br2F2N4O/c1-8-13(18)15(16(19)20)23-24(8)7-12(25)22-11-5-4-10(17)9-3-2-6-21-14(9)11/h2-6,16H,7H2,1H3,(H,22,25). The van der Waals surface area contributed by atoms with Crippen molar-refractivity contribution in [1.82, 2.24) is 14.8 Å². The number of aromatic nitrogens is 3. The molecule has 0 fully saturated rings. The summed E-state index contributed by atoms with van der Waals surface area (Å²) in [7, 11) is 0. The van der Waals surface area contributed by atoms with E-state index in [-0.39, 0.29) is 22.6 Å². The number of alkyl halides is 2. The summed E-state index contributed by atoms with van der Waals surface area (Å²) in [5.74, 6) is -0.381. The Balaban J connectivity index is 1.85. The zero-order valence-electron chi connectivity index (χ0n) is 12.9. The minimum atomic E-state index is -2.71. The Morgan fingerprint density at radius 3 is 2.76 bits per heavy atom. The van der Waals surface area contributed by atoms with Crippen LogP contribution in [0.4, 0.5) is 14.5 Å². The number of nitrogens with one attached hydrogen (secondary N) is 1. The van der Waals surface area contributed by atoms with Crippen molar-refractivity contribution in [1.29, 1.82) is 0 Å². The molecule has 2 heterocycles. The number of pyridine rings is 1. The summed E-state index contributed by atoms with van der Waals surface area (Å²) in [6, 6.07) is 7.22. The van der Waals surface area contributed by atoms with E-state index in [4.69, 9.17) is 0 Å². The number of benzene rings is 1. The smallest absolute Gasteiger partial charge is 0.283 e. The van der Waals surface area contributed by atoms with Gasteiger partial charge in [-0.2, -0.15) is 5.10 Å². The Labute approximate surface area is 158 Å². The molecule has 0 spiro atoms. The van der Waals surface area contributed by atoms with E-state index in [2.05, 4.69) is 47.3 Å². The van der Waals surface area contributed by atoms with Crippen LogP contribution >= 0.6 is 31.9 Å². The molecule has 130 valence electrons. The summed E-state index contributed by atoms with van der Waals surface area (Å²) in [6.45, 7) is 1.44. The second-order valence-corrected chi connectivity index (χ2v) is 6.93. The third-order valence-corrected chi connectivity index (χ3v) is 5.32. The average molecular weight is 474 g/mol. The van der Waals surface area contributed by atoms with Gasteiger partial charge in [0.05, 0.1) is 21.4 Å². The van der Waals surface area contributed by atoms with Crippen molar-refractivity contribution in [2.75, 3.05) is 5.32 Å². The molecule has 1 amide bonds. The Morgan fingerprint density at radius 2 is 2.08 bits per heavy atom. The van der Waals surface area contributed by atoms with E-state index >= 15 is 0 Å². The lowest BCUT2D eigenvalue weighted by Crippen LogP contribution is -2.20. The highest BCUT2D eigenvalue weighted by Crippen LogP contribution is 2.30. The Bertz CT molecular complexity index is 959. The van der Waals surface area contributed by atoms with Crippen LogP contribution in [0.25, 0.3) is 10.9 Å². The molecular weight excluding hydrogens is 462 g/mol. The van der Waals surface area contributed by atoms with Crippen LogP contribution in [0.2, 0.25) is 0 Å². The number of nitrogens with zero attached hydrogens (tertiary/aromatic N) is 3. The molecule has 3 aromatic rings. The van der Waals surface area contributed by atoms with E-state index < -0.39 is 6.43 Å².